The fourth-order valence-corrected chi connectivity index (χ4v) is 1.27. The summed E-state index contributed by atoms with van der Waals surface area (Å²) in [6.07, 6.45) is -4.68. The highest BCUT2D eigenvalue weighted by atomic mass is 19.3. The number of hydrogen-bond acceptors (Lipinski definition) is 2. The van der Waals surface area contributed by atoms with Gasteiger partial charge in [-0.2, -0.15) is 0 Å². The topological polar surface area (TPSA) is 49.3 Å². The lowest BCUT2D eigenvalue weighted by molar-refractivity contribution is -0.00270. The molecule has 1 aromatic rings. The molecule has 0 aliphatic rings. The summed E-state index contributed by atoms with van der Waals surface area (Å²) < 4.78 is 24.0. The number of aryl methyl sites for hydroxylation is 2. The van der Waals surface area contributed by atoms with E-state index in [9.17, 15) is 13.6 Å². The van der Waals surface area contributed by atoms with Crippen LogP contribution in [0.5, 0.6) is 0 Å². The third-order valence-electron chi connectivity index (χ3n) is 2.53. The Morgan fingerprint density at radius 2 is 2.00 bits per heavy atom. The van der Waals surface area contributed by atoms with Crippen molar-refractivity contribution in [1.29, 1.82) is 0 Å². The number of alkyl halides is 2. The van der Waals surface area contributed by atoms with Crippen LogP contribution in [0.3, 0.4) is 0 Å². The van der Waals surface area contributed by atoms with Crippen LogP contribution >= 0.6 is 0 Å². The van der Waals surface area contributed by atoms with Crippen molar-refractivity contribution in [2.45, 2.75) is 26.4 Å². The molecule has 0 aliphatic carbocycles. The van der Waals surface area contributed by atoms with Crippen molar-refractivity contribution in [2.75, 3.05) is 6.54 Å². The lowest BCUT2D eigenvalue weighted by atomic mass is 10.1. The first-order chi connectivity index (χ1) is 7.91. The van der Waals surface area contributed by atoms with Crippen LogP contribution in [0.1, 0.15) is 21.5 Å². The molecule has 94 valence electrons. The Morgan fingerprint density at radius 3 is 2.53 bits per heavy atom. The van der Waals surface area contributed by atoms with Crippen molar-refractivity contribution in [3.63, 3.8) is 0 Å². The normalized spacial score (nSPS) is 12.6. The maximum atomic E-state index is 12.0. The van der Waals surface area contributed by atoms with Gasteiger partial charge in [0.05, 0.1) is 0 Å². The average Bonchev–Trinajstić information content (AvgIpc) is 2.28. The number of aliphatic hydroxyl groups is 1. The molecule has 0 saturated carbocycles. The predicted molar refractivity (Wildman–Crippen MR) is 60.3 cm³/mol. The Bertz CT molecular complexity index is 407. The second kappa shape index (κ2) is 5.72. The lowest BCUT2D eigenvalue weighted by Gasteiger charge is -2.11. The number of aliphatic hydroxyl groups excluding tert-OH is 1. The molecule has 0 saturated heterocycles. The monoisotopic (exact) mass is 243 g/mol. The summed E-state index contributed by atoms with van der Waals surface area (Å²) in [6, 6.07) is 5.08. The van der Waals surface area contributed by atoms with Gasteiger partial charge in [-0.25, -0.2) is 8.78 Å². The highest BCUT2D eigenvalue weighted by Gasteiger charge is 2.17. The number of hydrogen-bond donors (Lipinski definition) is 2. The Labute approximate surface area is 98.5 Å². The highest BCUT2D eigenvalue weighted by molar-refractivity contribution is 5.94. The first-order valence-corrected chi connectivity index (χ1v) is 5.23. The summed E-state index contributed by atoms with van der Waals surface area (Å²) in [5, 5.41) is 11.1. The van der Waals surface area contributed by atoms with Gasteiger partial charge in [-0.05, 0) is 37.1 Å². The van der Waals surface area contributed by atoms with Crippen molar-refractivity contribution in [2.24, 2.45) is 0 Å². The summed E-state index contributed by atoms with van der Waals surface area (Å²) in [7, 11) is 0. The molecule has 0 fully saturated rings. The molecule has 1 aromatic carbocycles. The van der Waals surface area contributed by atoms with Gasteiger partial charge in [0.25, 0.3) is 12.3 Å². The van der Waals surface area contributed by atoms with Gasteiger partial charge in [0.2, 0.25) is 0 Å². The number of nitrogens with one attached hydrogen (secondary N) is 1. The van der Waals surface area contributed by atoms with Crippen LogP contribution in [0.25, 0.3) is 0 Å². The second-order valence-corrected chi connectivity index (χ2v) is 3.91. The SMILES string of the molecule is Cc1ccc(C(=O)NCC(O)C(F)F)cc1C. The molecule has 0 bridgehead atoms. The van der Waals surface area contributed by atoms with Gasteiger partial charge < -0.3 is 10.4 Å². The van der Waals surface area contributed by atoms with Gasteiger partial charge in [-0.15, -0.1) is 0 Å². The minimum absolute atomic E-state index is 0.398. The average molecular weight is 243 g/mol. The highest BCUT2D eigenvalue weighted by Crippen LogP contribution is 2.09. The Hall–Kier alpha value is -1.49. The number of rotatable bonds is 4. The van der Waals surface area contributed by atoms with Crippen molar-refractivity contribution >= 4 is 5.91 Å². The van der Waals surface area contributed by atoms with E-state index in [1.165, 1.54) is 0 Å². The molecule has 2 N–H and O–H groups in total. The summed E-state index contributed by atoms with van der Waals surface area (Å²) in [5.74, 6) is -0.465. The molecule has 17 heavy (non-hydrogen) atoms. The van der Waals surface area contributed by atoms with Gasteiger partial charge in [0.1, 0.15) is 6.10 Å². The second-order valence-electron chi connectivity index (χ2n) is 3.91. The molecule has 0 radical (unpaired) electrons. The zero-order chi connectivity index (χ0) is 13.0. The van der Waals surface area contributed by atoms with Crippen LogP contribution in [0.15, 0.2) is 18.2 Å². The van der Waals surface area contributed by atoms with Crippen LogP contribution in [0, 0.1) is 13.8 Å². The smallest absolute Gasteiger partial charge is 0.265 e. The van der Waals surface area contributed by atoms with Gasteiger partial charge in [-0.3, -0.25) is 4.79 Å². The fourth-order valence-electron chi connectivity index (χ4n) is 1.27. The summed E-state index contributed by atoms with van der Waals surface area (Å²) in [4.78, 5) is 11.6. The van der Waals surface area contributed by atoms with Gasteiger partial charge in [0, 0.05) is 12.1 Å². The molecule has 3 nitrogen and oxygen atoms in total. The zero-order valence-corrected chi connectivity index (χ0v) is 9.71. The summed E-state index contributed by atoms with van der Waals surface area (Å²) in [5.41, 5.74) is 2.40. The Kier molecular flexibility index (Phi) is 4.57. The molecule has 1 atom stereocenters. The van der Waals surface area contributed by atoms with Crippen LogP contribution in [0.2, 0.25) is 0 Å². The maximum Gasteiger partial charge on any atom is 0.265 e. The molecule has 0 aliphatic heterocycles. The van der Waals surface area contributed by atoms with E-state index < -0.39 is 25.0 Å². The first-order valence-electron chi connectivity index (χ1n) is 5.23. The van der Waals surface area contributed by atoms with Crippen LogP contribution < -0.4 is 5.32 Å². The Balaban J connectivity index is 2.61. The molecular formula is C12H15F2NO2. The molecule has 0 heterocycles. The molecule has 5 heteroatoms. The van der Waals surface area contributed by atoms with E-state index in [0.29, 0.717) is 5.56 Å². The van der Waals surface area contributed by atoms with E-state index >= 15 is 0 Å². The van der Waals surface area contributed by atoms with E-state index in [2.05, 4.69) is 5.32 Å². The minimum Gasteiger partial charge on any atom is -0.385 e. The summed E-state index contributed by atoms with van der Waals surface area (Å²) in [6.45, 7) is 3.32. The number of halogens is 2. The lowest BCUT2D eigenvalue weighted by Crippen LogP contribution is -2.35. The van der Waals surface area contributed by atoms with E-state index in [4.69, 9.17) is 5.11 Å². The van der Waals surface area contributed by atoms with Crippen molar-refractivity contribution in [1.82, 2.24) is 5.32 Å². The molecular weight excluding hydrogens is 228 g/mol. The van der Waals surface area contributed by atoms with Gasteiger partial charge in [-0.1, -0.05) is 6.07 Å². The quantitative estimate of drug-likeness (QED) is 0.845. The number of benzene rings is 1. The first kappa shape index (κ1) is 13.6. The predicted octanol–water partition coefficient (Wildman–Crippen LogP) is 1.66. The maximum absolute atomic E-state index is 12.0. The van der Waals surface area contributed by atoms with Crippen molar-refractivity contribution in [3.8, 4) is 0 Å². The third kappa shape index (κ3) is 3.78. The third-order valence-corrected chi connectivity index (χ3v) is 2.53. The molecule has 0 aromatic heterocycles. The van der Waals surface area contributed by atoms with E-state index in [-0.39, 0.29) is 0 Å². The minimum atomic E-state index is -2.85. The molecule has 0 spiro atoms. The zero-order valence-electron chi connectivity index (χ0n) is 9.71. The molecule has 1 unspecified atom stereocenters. The van der Waals surface area contributed by atoms with Crippen LogP contribution in [-0.2, 0) is 0 Å². The van der Waals surface area contributed by atoms with Crippen molar-refractivity contribution in [3.05, 3.63) is 34.9 Å². The number of carbonyl (C=O) groups excluding carboxylic acids is 1. The standard InChI is InChI=1S/C12H15F2NO2/c1-7-3-4-9(5-8(7)2)12(17)15-6-10(16)11(13)14/h3-5,10-11,16H,6H2,1-2H3,(H,15,17). The molecule has 1 amide bonds. The molecule has 1 rings (SSSR count). The van der Waals surface area contributed by atoms with E-state index in [1.54, 1.807) is 18.2 Å². The van der Waals surface area contributed by atoms with Gasteiger partial charge >= 0.3 is 0 Å². The van der Waals surface area contributed by atoms with E-state index in [0.717, 1.165) is 11.1 Å². The summed E-state index contributed by atoms with van der Waals surface area (Å²) >= 11 is 0. The fraction of sp³-hybridized carbons (Fsp3) is 0.417. The largest absolute Gasteiger partial charge is 0.385 e. The van der Waals surface area contributed by atoms with Gasteiger partial charge in [0.15, 0.2) is 0 Å². The Morgan fingerprint density at radius 1 is 1.35 bits per heavy atom. The van der Waals surface area contributed by atoms with E-state index in [1.807, 2.05) is 13.8 Å². The van der Waals surface area contributed by atoms with Crippen LogP contribution in [0.4, 0.5) is 8.78 Å². The number of amides is 1. The van der Waals surface area contributed by atoms with Crippen molar-refractivity contribution < 1.29 is 18.7 Å². The van der Waals surface area contributed by atoms with Crippen LogP contribution in [-0.4, -0.2) is 30.1 Å². The number of carbonyl (C=O) groups is 1.